The lowest BCUT2D eigenvalue weighted by atomic mass is 10.1. The number of nitrogens with one attached hydrogen (secondary N) is 3. The summed E-state index contributed by atoms with van der Waals surface area (Å²) in [6, 6.07) is 14.7. The molecule has 2 unspecified atom stereocenters. The van der Waals surface area contributed by atoms with E-state index in [-0.39, 0.29) is 17.6 Å². The first-order chi connectivity index (χ1) is 15.1. The summed E-state index contributed by atoms with van der Waals surface area (Å²) < 4.78 is 13.0. The number of amides is 2. The van der Waals surface area contributed by atoms with Crippen LogP contribution in [-0.4, -0.2) is 29.6 Å². The topological polar surface area (TPSA) is 90.5 Å². The average Bonchev–Trinajstić information content (AvgIpc) is 3.57. The Morgan fingerprint density at radius 2 is 1.68 bits per heavy atom. The fourth-order valence-corrected chi connectivity index (χ4v) is 3.65. The van der Waals surface area contributed by atoms with Crippen molar-refractivity contribution in [1.29, 1.82) is 0 Å². The van der Waals surface area contributed by atoms with Crippen LogP contribution in [-0.2, 0) is 11.3 Å². The van der Waals surface area contributed by atoms with Crippen LogP contribution < -0.4 is 16.1 Å². The van der Waals surface area contributed by atoms with Gasteiger partial charge in [0.05, 0.1) is 0 Å². The summed E-state index contributed by atoms with van der Waals surface area (Å²) in [7, 11) is 0. The maximum Gasteiger partial charge on any atom is 0.251 e. The van der Waals surface area contributed by atoms with Gasteiger partial charge in [0.1, 0.15) is 5.82 Å². The predicted octanol–water partition coefficient (Wildman–Crippen LogP) is 3.66. The third-order valence-corrected chi connectivity index (χ3v) is 5.61. The van der Waals surface area contributed by atoms with Gasteiger partial charge in [0.15, 0.2) is 0 Å². The standard InChI is InChI=1S/C24H30FN3O3/c25-20-12-10-18(11-13-20)21-15-22(21)27-16-17-6-8-19(9-7-17)24(30)26-14-4-2-1-3-5-23(29)28-31/h6-13,21-22,27,31H,1-5,14-16H2,(H,26,30)(H,28,29). The number of rotatable bonds is 12. The summed E-state index contributed by atoms with van der Waals surface area (Å²) in [6.45, 7) is 1.33. The van der Waals surface area contributed by atoms with Crippen molar-refractivity contribution in [2.45, 2.75) is 57.0 Å². The summed E-state index contributed by atoms with van der Waals surface area (Å²) >= 11 is 0. The van der Waals surface area contributed by atoms with Crippen LogP contribution in [0.25, 0.3) is 0 Å². The summed E-state index contributed by atoms with van der Waals surface area (Å²) in [6.07, 6.45) is 4.75. The molecule has 0 radical (unpaired) electrons. The Morgan fingerprint density at radius 1 is 0.968 bits per heavy atom. The molecule has 0 bridgehead atoms. The minimum absolute atomic E-state index is 0.0854. The highest BCUT2D eigenvalue weighted by Crippen LogP contribution is 2.40. The first kappa shape index (κ1) is 22.9. The monoisotopic (exact) mass is 427 g/mol. The molecule has 1 aliphatic rings. The van der Waals surface area contributed by atoms with Gasteiger partial charge in [-0.15, -0.1) is 0 Å². The maximum absolute atomic E-state index is 13.0. The molecule has 0 aliphatic heterocycles. The Hall–Kier alpha value is -2.77. The Balaban J connectivity index is 1.30. The van der Waals surface area contributed by atoms with Crippen molar-refractivity contribution >= 4 is 11.8 Å². The molecule has 0 heterocycles. The molecule has 2 amide bonds. The highest BCUT2D eigenvalue weighted by atomic mass is 19.1. The highest BCUT2D eigenvalue weighted by Gasteiger charge is 2.37. The molecular formula is C24H30FN3O3. The molecule has 0 aromatic heterocycles. The van der Waals surface area contributed by atoms with Crippen LogP contribution in [0.15, 0.2) is 48.5 Å². The lowest BCUT2D eigenvalue weighted by molar-refractivity contribution is -0.129. The van der Waals surface area contributed by atoms with Crippen molar-refractivity contribution in [2.75, 3.05) is 6.54 Å². The Labute approximate surface area is 182 Å². The van der Waals surface area contributed by atoms with Crippen molar-refractivity contribution in [3.63, 3.8) is 0 Å². The fraction of sp³-hybridized carbons (Fsp3) is 0.417. The van der Waals surface area contributed by atoms with Crippen LogP contribution in [0.1, 0.15) is 65.9 Å². The van der Waals surface area contributed by atoms with Crippen LogP contribution in [0.5, 0.6) is 0 Å². The van der Waals surface area contributed by atoms with E-state index in [1.165, 1.54) is 17.7 Å². The summed E-state index contributed by atoms with van der Waals surface area (Å²) in [4.78, 5) is 23.1. The number of benzene rings is 2. The van der Waals surface area contributed by atoms with Crippen molar-refractivity contribution in [1.82, 2.24) is 16.1 Å². The molecular weight excluding hydrogens is 397 g/mol. The molecule has 3 rings (SSSR count). The second kappa shape index (κ2) is 11.6. The fourth-order valence-electron chi connectivity index (χ4n) is 3.65. The molecule has 1 saturated carbocycles. The van der Waals surface area contributed by atoms with Gasteiger partial charge in [-0.3, -0.25) is 14.8 Å². The zero-order chi connectivity index (χ0) is 22.1. The summed E-state index contributed by atoms with van der Waals surface area (Å²) in [5.74, 6) is -0.213. The molecule has 0 saturated heterocycles. The Bertz CT molecular complexity index is 855. The van der Waals surface area contributed by atoms with Crippen molar-refractivity contribution in [2.24, 2.45) is 0 Å². The van der Waals surface area contributed by atoms with E-state index >= 15 is 0 Å². The minimum atomic E-state index is -0.364. The van der Waals surface area contributed by atoms with Crippen LogP contribution in [0.4, 0.5) is 4.39 Å². The predicted molar refractivity (Wildman–Crippen MR) is 116 cm³/mol. The normalized spacial score (nSPS) is 17.2. The van der Waals surface area contributed by atoms with E-state index in [1.54, 1.807) is 5.48 Å². The van der Waals surface area contributed by atoms with Gasteiger partial charge in [-0.25, -0.2) is 9.87 Å². The highest BCUT2D eigenvalue weighted by molar-refractivity contribution is 5.94. The maximum atomic E-state index is 13.0. The van der Waals surface area contributed by atoms with E-state index in [1.807, 2.05) is 36.4 Å². The van der Waals surface area contributed by atoms with E-state index in [0.717, 1.165) is 44.2 Å². The molecule has 1 fully saturated rings. The van der Waals surface area contributed by atoms with Gasteiger partial charge in [-0.2, -0.15) is 0 Å². The minimum Gasteiger partial charge on any atom is -0.352 e. The second-order valence-electron chi connectivity index (χ2n) is 8.03. The lowest BCUT2D eigenvalue weighted by Crippen LogP contribution is -2.24. The largest absolute Gasteiger partial charge is 0.352 e. The smallest absolute Gasteiger partial charge is 0.251 e. The molecule has 7 heteroatoms. The molecule has 2 aromatic rings. The third kappa shape index (κ3) is 7.45. The van der Waals surface area contributed by atoms with E-state index in [0.29, 0.717) is 30.5 Å². The van der Waals surface area contributed by atoms with Gasteiger partial charge in [0.25, 0.3) is 5.91 Å². The summed E-state index contributed by atoms with van der Waals surface area (Å²) in [5.41, 5.74) is 4.54. The van der Waals surface area contributed by atoms with Gasteiger partial charge in [-0.05, 0) is 54.7 Å². The number of hydrogen-bond acceptors (Lipinski definition) is 4. The number of carbonyl (C=O) groups is 2. The van der Waals surface area contributed by atoms with Crippen molar-refractivity contribution in [3.8, 4) is 0 Å². The summed E-state index contributed by atoms with van der Waals surface area (Å²) in [5, 5.41) is 14.9. The lowest BCUT2D eigenvalue weighted by Gasteiger charge is -2.08. The zero-order valence-electron chi connectivity index (χ0n) is 17.6. The quantitative estimate of drug-likeness (QED) is 0.236. The van der Waals surface area contributed by atoms with Gasteiger partial charge < -0.3 is 10.6 Å². The molecule has 6 nitrogen and oxygen atoms in total. The first-order valence-corrected chi connectivity index (χ1v) is 10.9. The molecule has 0 spiro atoms. The van der Waals surface area contributed by atoms with Gasteiger partial charge in [0, 0.05) is 37.0 Å². The van der Waals surface area contributed by atoms with Gasteiger partial charge in [-0.1, -0.05) is 37.1 Å². The number of hydroxylamine groups is 1. The van der Waals surface area contributed by atoms with E-state index in [4.69, 9.17) is 5.21 Å². The second-order valence-corrected chi connectivity index (χ2v) is 8.03. The van der Waals surface area contributed by atoms with Crippen LogP contribution in [0.3, 0.4) is 0 Å². The van der Waals surface area contributed by atoms with Crippen LogP contribution in [0, 0.1) is 5.82 Å². The number of unbranched alkanes of at least 4 members (excludes halogenated alkanes) is 3. The average molecular weight is 428 g/mol. The van der Waals surface area contributed by atoms with E-state index in [9.17, 15) is 14.0 Å². The van der Waals surface area contributed by atoms with Gasteiger partial charge >= 0.3 is 0 Å². The van der Waals surface area contributed by atoms with Gasteiger partial charge in [0.2, 0.25) is 5.91 Å². The number of halogens is 1. The Morgan fingerprint density at radius 3 is 2.39 bits per heavy atom. The Kier molecular flexibility index (Phi) is 8.55. The van der Waals surface area contributed by atoms with E-state index < -0.39 is 0 Å². The SMILES string of the molecule is O=C(CCCCCCNC(=O)c1ccc(CNC2CC2c2ccc(F)cc2)cc1)NO. The first-order valence-electron chi connectivity index (χ1n) is 10.9. The van der Waals surface area contributed by atoms with Crippen LogP contribution >= 0.6 is 0 Å². The third-order valence-electron chi connectivity index (χ3n) is 5.61. The molecule has 166 valence electrons. The molecule has 2 aromatic carbocycles. The van der Waals surface area contributed by atoms with E-state index in [2.05, 4.69) is 10.6 Å². The number of carbonyl (C=O) groups excluding carboxylic acids is 2. The van der Waals surface area contributed by atoms with Crippen LogP contribution in [0.2, 0.25) is 0 Å². The molecule has 31 heavy (non-hydrogen) atoms. The number of hydrogen-bond donors (Lipinski definition) is 4. The van der Waals surface area contributed by atoms with Crippen molar-refractivity contribution in [3.05, 3.63) is 71.0 Å². The molecule has 4 N–H and O–H groups in total. The zero-order valence-corrected chi connectivity index (χ0v) is 17.6. The van der Waals surface area contributed by atoms with Crippen molar-refractivity contribution < 1.29 is 19.2 Å². The molecule has 2 atom stereocenters. The molecule has 1 aliphatic carbocycles.